The molecular weight excluding hydrogens is 421 g/mol. The molecule has 0 aliphatic heterocycles. The van der Waals surface area contributed by atoms with Gasteiger partial charge in [-0.15, -0.1) is 0 Å². The van der Waals surface area contributed by atoms with Gasteiger partial charge < -0.3 is 26.7 Å². The van der Waals surface area contributed by atoms with Crippen LogP contribution in [0.2, 0.25) is 0 Å². The number of hydrogen-bond acceptors (Lipinski definition) is 5. The van der Waals surface area contributed by atoms with Crippen LogP contribution in [0, 0.1) is 5.82 Å². The number of aryl methyl sites for hydroxylation is 1. The Bertz CT molecular complexity index is 1160. The van der Waals surface area contributed by atoms with Crippen molar-refractivity contribution in [3.63, 3.8) is 0 Å². The van der Waals surface area contributed by atoms with E-state index in [1.54, 1.807) is 6.07 Å². The Balaban J connectivity index is 1.71. The smallest absolute Gasteiger partial charge is 0.264 e. The van der Waals surface area contributed by atoms with Gasteiger partial charge in [-0.2, -0.15) is 0 Å². The first-order valence-corrected chi connectivity index (χ1v) is 10.5. The third kappa shape index (κ3) is 3.97. The quantitative estimate of drug-likeness (QED) is 0.458. The highest BCUT2D eigenvalue weighted by Crippen LogP contribution is 2.35. The summed E-state index contributed by atoms with van der Waals surface area (Å²) in [5.41, 5.74) is 12.6. The Morgan fingerprint density at radius 3 is 2.81 bits per heavy atom. The number of primary amides is 1. The first kappa shape index (κ1) is 21.9. The van der Waals surface area contributed by atoms with Crippen LogP contribution in [0.4, 0.5) is 30.5 Å². The van der Waals surface area contributed by atoms with E-state index in [9.17, 15) is 18.0 Å². The van der Waals surface area contributed by atoms with Crippen molar-refractivity contribution in [2.75, 3.05) is 10.6 Å². The van der Waals surface area contributed by atoms with Crippen LogP contribution in [0.1, 0.15) is 36.5 Å². The molecule has 4 rings (SSSR count). The molecule has 1 aromatic carbocycles. The number of amides is 1. The number of halogens is 3. The van der Waals surface area contributed by atoms with Gasteiger partial charge in [-0.3, -0.25) is 4.79 Å². The molecule has 1 amide bonds. The molecule has 0 radical (unpaired) electrons. The van der Waals surface area contributed by atoms with E-state index in [2.05, 4.69) is 15.6 Å². The van der Waals surface area contributed by atoms with Crippen molar-refractivity contribution in [1.82, 2.24) is 9.55 Å². The van der Waals surface area contributed by atoms with Crippen molar-refractivity contribution in [2.45, 2.75) is 50.7 Å². The van der Waals surface area contributed by atoms with Gasteiger partial charge in [0.1, 0.15) is 5.82 Å². The summed E-state index contributed by atoms with van der Waals surface area (Å²) in [6.07, 6.45) is 2.22. The normalized spacial score (nSPS) is 20.3. The molecule has 2 heterocycles. The van der Waals surface area contributed by atoms with Gasteiger partial charge in [-0.05, 0) is 44.0 Å². The van der Waals surface area contributed by atoms with Gasteiger partial charge >= 0.3 is 0 Å². The van der Waals surface area contributed by atoms with Crippen LogP contribution in [-0.2, 0) is 6.54 Å². The van der Waals surface area contributed by atoms with Crippen LogP contribution in [0.25, 0.3) is 10.9 Å². The maximum atomic E-state index is 14.7. The van der Waals surface area contributed by atoms with Crippen molar-refractivity contribution >= 4 is 34.1 Å². The number of carbonyl (C=O) groups excluding carboxylic acids is 1. The number of nitrogens with one attached hydrogen (secondary N) is 2. The number of carbonyl (C=O) groups is 1. The zero-order valence-electron chi connectivity index (χ0n) is 17.5. The third-order valence-corrected chi connectivity index (χ3v) is 5.92. The Morgan fingerprint density at radius 1 is 1.31 bits per heavy atom. The van der Waals surface area contributed by atoms with Crippen molar-refractivity contribution in [3.8, 4) is 0 Å². The second-order valence-electron chi connectivity index (χ2n) is 7.97. The number of hydrogen-bond donors (Lipinski definition) is 4. The number of aromatic nitrogens is 2. The van der Waals surface area contributed by atoms with E-state index in [1.165, 1.54) is 0 Å². The van der Waals surface area contributed by atoms with Crippen molar-refractivity contribution in [3.05, 3.63) is 47.9 Å². The van der Waals surface area contributed by atoms with Crippen LogP contribution in [0.15, 0.2) is 36.5 Å². The van der Waals surface area contributed by atoms with Crippen LogP contribution >= 0.6 is 0 Å². The topological polar surface area (TPSA) is 111 Å². The Hall–Kier alpha value is -3.27. The molecule has 1 aliphatic carbocycles. The Kier molecular flexibility index (Phi) is 5.72. The Morgan fingerprint density at radius 2 is 2.09 bits per heavy atom. The van der Waals surface area contributed by atoms with E-state index in [-0.39, 0.29) is 30.0 Å². The predicted molar refractivity (Wildman–Crippen MR) is 118 cm³/mol. The first-order valence-electron chi connectivity index (χ1n) is 10.5. The summed E-state index contributed by atoms with van der Waals surface area (Å²) in [6, 6.07) is 6.10. The fourth-order valence-corrected chi connectivity index (χ4v) is 4.14. The highest BCUT2D eigenvalue weighted by Gasteiger charge is 2.45. The minimum absolute atomic E-state index is 0.0225. The van der Waals surface area contributed by atoms with Gasteiger partial charge in [0.15, 0.2) is 11.6 Å². The lowest BCUT2D eigenvalue weighted by Gasteiger charge is -2.36. The molecule has 3 aromatic rings. The van der Waals surface area contributed by atoms with Crippen LogP contribution < -0.4 is 22.1 Å². The highest BCUT2D eigenvalue weighted by molar-refractivity contribution is 6.01. The van der Waals surface area contributed by atoms with E-state index in [0.717, 1.165) is 23.5 Å². The monoisotopic (exact) mass is 446 g/mol. The van der Waals surface area contributed by atoms with Gasteiger partial charge in [-0.25, -0.2) is 18.2 Å². The highest BCUT2D eigenvalue weighted by atomic mass is 19.3. The van der Waals surface area contributed by atoms with Crippen molar-refractivity contribution in [1.29, 1.82) is 0 Å². The van der Waals surface area contributed by atoms with Crippen LogP contribution in [-0.4, -0.2) is 33.5 Å². The lowest BCUT2D eigenvalue weighted by atomic mass is 9.87. The van der Waals surface area contributed by atoms with E-state index in [0.29, 0.717) is 12.1 Å². The SMILES string of the molecule is CCn1ccc2c(Nc3nc(N[C@@H]4CCCC(F)(F)[C@@H]4N)c(F)cc3C(N)=O)cccc21. The van der Waals surface area contributed by atoms with Gasteiger partial charge in [0.05, 0.1) is 17.1 Å². The number of benzene rings is 1. The second-order valence-corrected chi connectivity index (χ2v) is 7.97. The van der Waals surface area contributed by atoms with Gasteiger partial charge in [-0.1, -0.05) is 6.07 Å². The van der Waals surface area contributed by atoms with Gasteiger partial charge in [0.2, 0.25) is 0 Å². The van der Waals surface area contributed by atoms with Gasteiger partial charge in [0, 0.05) is 36.3 Å². The molecule has 32 heavy (non-hydrogen) atoms. The molecular formula is C22H25F3N6O. The molecule has 170 valence electrons. The van der Waals surface area contributed by atoms with E-state index in [4.69, 9.17) is 11.5 Å². The van der Waals surface area contributed by atoms with E-state index < -0.39 is 29.7 Å². The summed E-state index contributed by atoms with van der Waals surface area (Å²) >= 11 is 0. The number of alkyl halides is 2. The maximum Gasteiger partial charge on any atom is 0.264 e. The van der Waals surface area contributed by atoms with Crippen molar-refractivity contribution < 1.29 is 18.0 Å². The molecule has 0 bridgehead atoms. The average Bonchev–Trinajstić information content (AvgIpc) is 3.17. The third-order valence-electron chi connectivity index (χ3n) is 5.92. The largest absolute Gasteiger partial charge is 0.365 e. The van der Waals surface area contributed by atoms with E-state index in [1.807, 2.05) is 35.9 Å². The molecule has 10 heteroatoms. The van der Waals surface area contributed by atoms with Crippen molar-refractivity contribution in [2.24, 2.45) is 11.5 Å². The molecule has 0 saturated heterocycles. The number of nitrogens with two attached hydrogens (primary N) is 2. The summed E-state index contributed by atoms with van der Waals surface area (Å²) in [5.74, 6) is -5.04. The van der Waals surface area contributed by atoms with Gasteiger partial charge in [0.25, 0.3) is 11.8 Å². The minimum Gasteiger partial charge on any atom is -0.365 e. The summed E-state index contributed by atoms with van der Waals surface area (Å²) in [6.45, 7) is 2.79. The molecule has 1 aliphatic rings. The zero-order chi connectivity index (χ0) is 23.0. The molecule has 1 saturated carbocycles. The number of anilines is 3. The maximum absolute atomic E-state index is 14.7. The molecule has 1 fully saturated rings. The predicted octanol–water partition coefficient (Wildman–Crippen LogP) is 3.96. The standard InChI is InChI=1S/C22H25F3N6O/c1-2-31-10-8-12-15(5-3-7-17(12)31)28-20-13(19(27)32)11-14(23)21(30-20)29-16-6-4-9-22(24,25)18(16)26/h3,5,7-8,10-11,16,18H,2,4,6,9,26H2,1H3,(H2,27,32)(H2,28,29,30)/t16-,18-/m1/s1. The fourth-order valence-electron chi connectivity index (χ4n) is 4.14. The number of pyridine rings is 1. The van der Waals surface area contributed by atoms with Crippen LogP contribution in [0.5, 0.6) is 0 Å². The lowest BCUT2D eigenvalue weighted by Crippen LogP contribution is -2.55. The molecule has 0 unspecified atom stereocenters. The number of nitrogens with zero attached hydrogens (tertiary/aromatic N) is 2. The second kappa shape index (κ2) is 8.34. The lowest BCUT2D eigenvalue weighted by molar-refractivity contribution is -0.0555. The van der Waals surface area contributed by atoms with E-state index >= 15 is 0 Å². The summed E-state index contributed by atoms with van der Waals surface area (Å²) in [4.78, 5) is 16.1. The average molecular weight is 446 g/mol. The fraction of sp³-hybridized carbons (Fsp3) is 0.364. The number of fused-ring (bicyclic) bond motifs is 1. The zero-order valence-corrected chi connectivity index (χ0v) is 17.5. The molecule has 0 spiro atoms. The summed E-state index contributed by atoms with van der Waals surface area (Å²) in [7, 11) is 0. The number of rotatable bonds is 6. The summed E-state index contributed by atoms with van der Waals surface area (Å²) in [5, 5.41) is 6.64. The summed E-state index contributed by atoms with van der Waals surface area (Å²) < 4.78 is 44.8. The molecule has 6 N–H and O–H groups in total. The van der Waals surface area contributed by atoms with Crippen LogP contribution in [0.3, 0.4) is 0 Å². The Labute approximate surface area is 183 Å². The molecule has 7 nitrogen and oxygen atoms in total. The minimum atomic E-state index is -3.05. The molecule has 2 atom stereocenters. The first-order chi connectivity index (χ1) is 15.2. The molecule has 2 aromatic heterocycles.